The first-order valence-electron chi connectivity index (χ1n) is 7.08. The van der Waals surface area contributed by atoms with E-state index in [1.165, 1.54) is 6.42 Å². The van der Waals surface area contributed by atoms with Crippen LogP contribution in [-0.4, -0.2) is 50.2 Å². The van der Waals surface area contributed by atoms with Gasteiger partial charge in [-0.3, -0.25) is 4.79 Å². The largest absolute Gasteiger partial charge is 0.383 e. The van der Waals surface area contributed by atoms with Crippen molar-refractivity contribution in [3.63, 3.8) is 0 Å². The fourth-order valence-corrected chi connectivity index (χ4v) is 2.98. The average Bonchev–Trinajstić information content (AvgIpc) is 2.98. The predicted molar refractivity (Wildman–Crippen MR) is 93.0 cm³/mol. The molecular weight excluding hydrogens is 403 g/mol. The molecule has 0 saturated carbocycles. The van der Waals surface area contributed by atoms with Crippen molar-refractivity contribution in [2.24, 2.45) is 0 Å². The SMILES string of the molecule is COCCN(CC1CCCN1)C(=O)c1ccc(I)c(Cl)c1. The number of ether oxygens (including phenoxy) is 1. The van der Waals surface area contributed by atoms with Gasteiger partial charge in [-0.25, -0.2) is 0 Å². The third-order valence-corrected chi connectivity index (χ3v) is 5.19. The summed E-state index contributed by atoms with van der Waals surface area (Å²) < 4.78 is 6.07. The van der Waals surface area contributed by atoms with E-state index in [2.05, 4.69) is 27.9 Å². The van der Waals surface area contributed by atoms with E-state index in [4.69, 9.17) is 16.3 Å². The van der Waals surface area contributed by atoms with Crippen LogP contribution in [0.2, 0.25) is 5.02 Å². The van der Waals surface area contributed by atoms with Gasteiger partial charge >= 0.3 is 0 Å². The molecule has 1 aromatic carbocycles. The van der Waals surface area contributed by atoms with E-state index in [0.29, 0.717) is 36.3 Å². The number of carbonyl (C=O) groups is 1. The lowest BCUT2D eigenvalue weighted by atomic mass is 10.1. The number of carbonyl (C=O) groups excluding carboxylic acids is 1. The quantitative estimate of drug-likeness (QED) is 0.717. The molecule has 116 valence electrons. The summed E-state index contributed by atoms with van der Waals surface area (Å²) in [5.74, 6) is 0.0130. The number of methoxy groups -OCH3 is 1. The Balaban J connectivity index is 2.09. The summed E-state index contributed by atoms with van der Waals surface area (Å²) in [6.07, 6.45) is 2.29. The molecule has 0 aliphatic carbocycles. The van der Waals surface area contributed by atoms with E-state index in [9.17, 15) is 4.79 Å². The van der Waals surface area contributed by atoms with Crippen molar-refractivity contribution in [2.75, 3.05) is 33.4 Å². The summed E-state index contributed by atoms with van der Waals surface area (Å²) in [5.41, 5.74) is 0.634. The van der Waals surface area contributed by atoms with Gasteiger partial charge in [0.15, 0.2) is 0 Å². The number of benzene rings is 1. The molecule has 1 atom stereocenters. The number of amides is 1. The summed E-state index contributed by atoms with van der Waals surface area (Å²) in [6.45, 7) is 2.88. The molecule has 1 fully saturated rings. The molecule has 1 saturated heterocycles. The van der Waals surface area contributed by atoms with Crippen LogP contribution in [0, 0.1) is 3.57 Å². The number of nitrogens with zero attached hydrogens (tertiary/aromatic N) is 1. The Morgan fingerprint density at radius 3 is 3.00 bits per heavy atom. The summed E-state index contributed by atoms with van der Waals surface area (Å²) in [6, 6.07) is 5.83. The summed E-state index contributed by atoms with van der Waals surface area (Å²) in [4.78, 5) is 14.5. The molecule has 1 aliphatic rings. The third kappa shape index (κ3) is 4.81. The van der Waals surface area contributed by atoms with Crippen LogP contribution >= 0.6 is 34.2 Å². The average molecular weight is 423 g/mol. The molecule has 0 radical (unpaired) electrons. The number of nitrogens with one attached hydrogen (secondary N) is 1. The molecule has 21 heavy (non-hydrogen) atoms. The van der Waals surface area contributed by atoms with E-state index in [1.54, 1.807) is 13.2 Å². The van der Waals surface area contributed by atoms with Gasteiger partial charge in [-0.05, 0) is 60.2 Å². The second-order valence-electron chi connectivity index (χ2n) is 5.17. The predicted octanol–water partition coefficient (Wildman–Crippen LogP) is 2.79. The zero-order valence-corrected chi connectivity index (χ0v) is 15.0. The van der Waals surface area contributed by atoms with Crippen molar-refractivity contribution in [1.82, 2.24) is 10.2 Å². The zero-order valence-electron chi connectivity index (χ0n) is 12.1. The van der Waals surface area contributed by atoms with Gasteiger partial charge in [-0.15, -0.1) is 0 Å². The van der Waals surface area contributed by atoms with Gasteiger partial charge in [0, 0.05) is 35.4 Å². The van der Waals surface area contributed by atoms with Gasteiger partial charge in [0.25, 0.3) is 5.91 Å². The second kappa shape index (κ2) is 8.31. The maximum atomic E-state index is 12.7. The van der Waals surface area contributed by atoms with Crippen molar-refractivity contribution in [3.05, 3.63) is 32.4 Å². The molecule has 1 N–H and O–H groups in total. The molecule has 0 aromatic heterocycles. The molecule has 1 unspecified atom stereocenters. The highest BCUT2D eigenvalue weighted by atomic mass is 127. The Hall–Kier alpha value is -0.370. The lowest BCUT2D eigenvalue weighted by Gasteiger charge is -2.26. The molecule has 1 aromatic rings. The minimum absolute atomic E-state index is 0.0130. The zero-order chi connectivity index (χ0) is 15.2. The van der Waals surface area contributed by atoms with Crippen LogP contribution in [0.4, 0.5) is 0 Å². The first-order chi connectivity index (χ1) is 10.1. The number of hydrogen-bond acceptors (Lipinski definition) is 3. The normalized spacial score (nSPS) is 18.0. The van der Waals surface area contributed by atoms with E-state index in [-0.39, 0.29) is 5.91 Å². The van der Waals surface area contributed by atoms with Gasteiger partial charge < -0.3 is 15.0 Å². The summed E-state index contributed by atoms with van der Waals surface area (Å²) in [5, 5.41) is 4.05. The van der Waals surface area contributed by atoms with Crippen LogP contribution in [0.1, 0.15) is 23.2 Å². The topological polar surface area (TPSA) is 41.6 Å². The first-order valence-corrected chi connectivity index (χ1v) is 8.54. The first kappa shape index (κ1) is 17.0. The van der Waals surface area contributed by atoms with Crippen LogP contribution in [0.25, 0.3) is 0 Å². The summed E-state index contributed by atoms with van der Waals surface area (Å²) >= 11 is 8.28. The maximum absolute atomic E-state index is 12.7. The molecule has 6 heteroatoms. The van der Waals surface area contributed by atoms with Crippen LogP contribution in [-0.2, 0) is 4.74 Å². The van der Waals surface area contributed by atoms with E-state index in [0.717, 1.165) is 16.5 Å². The van der Waals surface area contributed by atoms with E-state index in [1.807, 2.05) is 17.0 Å². The molecule has 0 spiro atoms. The highest BCUT2D eigenvalue weighted by Crippen LogP contribution is 2.21. The standard InChI is InChI=1S/C15H20ClIN2O2/c1-21-8-7-19(10-12-3-2-6-18-12)15(20)11-4-5-14(17)13(16)9-11/h4-5,9,12,18H,2-3,6-8,10H2,1H3. The van der Waals surface area contributed by atoms with Gasteiger partial charge in [-0.1, -0.05) is 11.6 Å². The highest BCUT2D eigenvalue weighted by Gasteiger charge is 2.22. The van der Waals surface area contributed by atoms with E-state index >= 15 is 0 Å². The fourth-order valence-electron chi connectivity index (χ4n) is 2.47. The fraction of sp³-hybridized carbons (Fsp3) is 0.533. The third-order valence-electron chi connectivity index (χ3n) is 3.62. The van der Waals surface area contributed by atoms with Gasteiger partial charge in [-0.2, -0.15) is 0 Å². The molecule has 1 amide bonds. The maximum Gasteiger partial charge on any atom is 0.254 e. The van der Waals surface area contributed by atoms with E-state index < -0.39 is 0 Å². The van der Waals surface area contributed by atoms with Crippen LogP contribution in [0.3, 0.4) is 0 Å². The number of halogens is 2. The minimum atomic E-state index is 0.0130. The van der Waals surface area contributed by atoms with Gasteiger partial charge in [0.2, 0.25) is 0 Å². The van der Waals surface area contributed by atoms with Gasteiger partial charge in [0.05, 0.1) is 11.6 Å². The molecule has 4 nitrogen and oxygen atoms in total. The smallest absolute Gasteiger partial charge is 0.254 e. The lowest BCUT2D eigenvalue weighted by Crippen LogP contribution is -2.42. The van der Waals surface area contributed by atoms with Crippen LogP contribution in [0.15, 0.2) is 18.2 Å². The summed E-state index contributed by atoms with van der Waals surface area (Å²) in [7, 11) is 1.65. The van der Waals surface area contributed by atoms with Crippen molar-refractivity contribution in [3.8, 4) is 0 Å². The Bertz CT molecular complexity index is 493. The van der Waals surface area contributed by atoms with Gasteiger partial charge in [0.1, 0.15) is 0 Å². The van der Waals surface area contributed by atoms with Crippen LogP contribution < -0.4 is 5.32 Å². The Labute approximate surface area is 144 Å². The lowest BCUT2D eigenvalue weighted by molar-refractivity contribution is 0.0679. The van der Waals surface area contributed by atoms with Crippen molar-refractivity contribution in [1.29, 1.82) is 0 Å². The van der Waals surface area contributed by atoms with Crippen LogP contribution in [0.5, 0.6) is 0 Å². The monoisotopic (exact) mass is 422 g/mol. The Kier molecular flexibility index (Phi) is 6.73. The molecule has 1 aliphatic heterocycles. The number of rotatable bonds is 6. The Morgan fingerprint density at radius 1 is 1.57 bits per heavy atom. The molecule has 1 heterocycles. The minimum Gasteiger partial charge on any atom is -0.383 e. The number of hydrogen-bond donors (Lipinski definition) is 1. The second-order valence-corrected chi connectivity index (χ2v) is 6.74. The van der Waals surface area contributed by atoms with Crippen molar-refractivity contribution >= 4 is 40.1 Å². The van der Waals surface area contributed by atoms with Crippen molar-refractivity contribution < 1.29 is 9.53 Å². The molecular formula is C15H20ClIN2O2. The Morgan fingerprint density at radius 2 is 2.38 bits per heavy atom. The van der Waals surface area contributed by atoms with Crippen molar-refractivity contribution in [2.45, 2.75) is 18.9 Å². The molecule has 2 rings (SSSR count). The molecule has 0 bridgehead atoms. The highest BCUT2D eigenvalue weighted by molar-refractivity contribution is 14.1.